The van der Waals surface area contributed by atoms with E-state index in [1.165, 1.54) is 12.8 Å². The van der Waals surface area contributed by atoms with Crippen LogP contribution in [0.5, 0.6) is 0 Å². The Balaban J connectivity index is 2.29. The van der Waals surface area contributed by atoms with Crippen LogP contribution in [-0.4, -0.2) is 11.4 Å². The third kappa shape index (κ3) is 2.03. The van der Waals surface area contributed by atoms with Gasteiger partial charge in [-0.1, -0.05) is 31.0 Å². The number of hydrogen-bond acceptors (Lipinski definition) is 2. The first-order chi connectivity index (χ1) is 7.64. The van der Waals surface area contributed by atoms with Gasteiger partial charge in [0.2, 0.25) is 0 Å². The highest BCUT2D eigenvalue weighted by atomic mass is 16.3. The summed E-state index contributed by atoms with van der Waals surface area (Å²) in [5, 5.41) is 10.6. The van der Waals surface area contributed by atoms with E-state index in [4.69, 9.17) is 0 Å². The number of benzene rings is 1. The minimum absolute atomic E-state index is 0.328. The normalized spacial score (nSPS) is 20.6. The van der Waals surface area contributed by atoms with E-state index in [1.54, 1.807) is 12.1 Å². The van der Waals surface area contributed by atoms with Gasteiger partial charge >= 0.3 is 0 Å². The highest BCUT2D eigenvalue weighted by Crippen LogP contribution is 2.40. The summed E-state index contributed by atoms with van der Waals surface area (Å²) in [5.41, 5.74) is 0.704. The zero-order valence-corrected chi connectivity index (χ0v) is 9.65. The third-order valence-corrected chi connectivity index (χ3v) is 3.76. The summed E-state index contributed by atoms with van der Waals surface area (Å²) in [5.74, 6) is 0.328. The number of aldehydes is 1. The van der Waals surface area contributed by atoms with Crippen LogP contribution >= 0.6 is 0 Å². The van der Waals surface area contributed by atoms with Gasteiger partial charge in [0.05, 0.1) is 5.60 Å². The number of aliphatic hydroxyl groups is 1. The molecule has 1 unspecified atom stereocenters. The predicted octanol–water partition coefficient (Wildman–Crippen LogP) is 2.90. The quantitative estimate of drug-likeness (QED) is 0.792. The number of hydrogen-bond donors (Lipinski definition) is 1. The molecular formula is C14H18O2. The predicted molar refractivity (Wildman–Crippen MR) is 63.4 cm³/mol. The van der Waals surface area contributed by atoms with Crippen molar-refractivity contribution in [2.75, 3.05) is 0 Å². The van der Waals surface area contributed by atoms with Crippen LogP contribution in [0.1, 0.15) is 48.5 Å². The second-order valence-corrected chi connectivity index (χ2v) is 4.87. The molecule has 16 heavy (non-hydrogen) atoms. The Bertz CT molecular complexity index is 376. The summed E-state index contributed by atoms with van der Waals surface area (Å²) in [6.07, 6.45) is 5.40. The summed E-state index contributed by atoms with van der Waals surface area (Å²) in [6.45, 7) is 1.87. The lowest BCUT2D eigenvalue weighted by Crippen LogP contribution is -2.30. The Morgan fingerprint density at radius 1 is 1.38 bits per heavy atom. The van der Waals surface area contributed by atoms with Crippen molar-refractivity contribution in [2.45, 2.75) is 38.2 Å². The van der Waals surface area contributed by atoms with Gasteiger partial charge < -0.3 is 5.11 Å². The molecule has 1 aliphatic rings. The van der Waals surface area contributed by atoms with Crippen LogP contribution in [0.25, 0.3) is 0 Å². The molecule has 0 bridgehead atoms. The molecule has 0 aromatic heterocycles. The summed E-state index contributed by atoms with van der Waals surface area (Å²) < 4.78 is 0. The van der Waals surface area contributed by atoms with Crippen molar-refractivity contribution in [2.24, 2.45) is 5.92 Å². The van der Waals surface area contributed by atoms with Gasteiger partial charge in [0.15, 0.2) is 0 Å². The van der Waals surface area contributed by atoms with Crippen LogP contribution in [0.2, 0.25) is 0 Å². The third-order valence-electron chi connectivity index (χ3n) is 3.76. The fraction of sp³-hybridized carbons (Fsp3) is 0.500. The zero-order valence-electron chi connectivity index (χ0n) is 9.65. The highest BCUT2D eigenvalue weighted by molar-refractivity contribution is 5.75. The van der Waals surface area contributed by atoms with E-state index in [2.05, 4.69) is 0 Å². The van der Waals surface area contributed by atoms with E-state index in [9.17, 15) is 9.90 Å². The van der Waals surface area contributed by atoms with Gasteiger partial charge in [0, 0.05) is 5.56 Å². The molecule has 1 fully saturated rings. The first-order valence-corrected chi connectivity index (χ1v) is 5.92. The second-order valence-electron chi connectivity index (χ2n) is 4.87. The molecule has 0 spiro atoms. The molecule has 2 nitrogen and oxygen atoms in total. The smallest absolute Gasteiger partial charge is 0.150 e. The number of rotatable bonds is 3. The van der Waals surface area contributed by atoms with Crippen LogP contribution in [-0.2, 0) is 5.60 Å². The molecule has 0 heterocycles. The van der Waals surface area contributed by atoms with Gasteiger partial charge in [-0.2, -0.15) is 0 Å². The molecule has 1 aromatic carbocycles. The molecular weight excluding hydrogens is 200 g/mol. The van der Waals surface area contributed by atoms with Crippen molar-refractivity contribution in [1.82, 2.24) is 0 Å². The van der Waals surface area contributed by atoms with Crippen LogP contribution in [0.4, 0.5) is 0 Å². The standard InChI is InChI=1S/C14H18O2/c1-14(16,12-6-2-3-7-12)13-8-4-5-11(9-13)10-15/h4-5,8-10,12,16H,2-3,6-7H2,1H3. The average molecular weight is 218 g/mol. The fourth-order valence-electron chi connectivity index (χ4n) is 2.65. The van der Waals surface area contributed by atoms with E-state index in [0.717, 1.165) is 24.7 Å². The van der Waals surface area contributed by atoms with Gasteiger partial charge in [-0.3, -0.25) is 4.79 Å². The largest absolute Gasteiger partial charge is 0.385 e. The van der Waals surface area contributed by atoms with Gasteiger partial charge in [0.25, 0.3) is 0 Å². The Morgan fingerprint density at radius 3 is 2.69 bits per heavy atom. The molecule has 1 saturated carbocycles. The Labute approximate surface area is 96.3 Å². The van der Waals surface area contributed by atoms with E-state index in [-0.39, 0.29) is 0 Å². The van der Waals surface area contributed by atoms with Crippen molar-refractivity contribution < 1.29 is 9.90 Å². The topological polar surface area (TPSA) is 37.3 Å². The molecule has 86 valence electrons. The Kier molecular flexibility index (Phi) is 3.10. The highest BCUT2D eigenvalue weighted by Gasteiger charge is 2.35. The zero-order chi connectivity index (χ0) is 11.6. The lowest BCUT2D eigenvalue weighted by atomic mass is 9.81. The van der Waals surface area contributed by atoms with E-state index in [1.807, 2.05) is 19.1 Å². The fourth-order valence-corrected chi connectivity index (χ4v) is 2.65. The number of carbonyl (C=O) groups excluding carboxylic acids is 1. The first-order valence-electron chi connectivity index (χ1n) is 5.92. The minimum atomic E-state index is -0.796. The van der Waals surface area contributed by atoms with Crippen LogP contribution in [0.3, 0.4) is 0 Å². The molecule has 0 amide bonds. The molecule has 1 aromatic rings. The minimum Gasteiger partial charge on any atom is -0.385 e. The van der Waals surface area contributed by atoms with Crippen molar-refractivity contribution in [1.29, 1.82) is 0 Å². The van der Waals surface area contributed by atoms with Gasteiger partial charge in [-0.05, 0) is 37.3 Å². The Hall–Kier alpha value is -1.15. The van der Waals surface area contributed by atoms with Crippen LogP contribution < -0.4 is 0 Å². The maximum atomic E-state index is 10.7. The Morgan fingerprint density at radius 2 is 2.06 bits per heavy atom. The molecule has 1 N–H and O–H groups in total. The summed E-state index contributed by atoms with van der Waals surface area (Å²) >= 11 is 0. The number of carbonyl (C=O) groups is 1. The van der Waals surface area contributed by atoms with E-state index >= 15 is 0 Å². The second kappa shape index (κ2) is 4.38. The van der Waals surface area contributed by atoms with E-state index < -0.39 is 5.60 Å². The van der Waals surface area contributed by atoms with Gasteiger partial charge in [0.1, 0.15) is 6.29 Å². The van der Waals surface area contributed by atoms with Crippen LogP contribution in [0.15, 0.2) is 24.3 Å². The van der Waals surface area contributed by atoms with Crippen molar-refractivity contribution in [3.05, 3.63) is 35.4 Å². The maximum absolute atomic E-state index is 10.7. The lowest BCUT2D eigenvalue weighted by Gasteiger charge is -2.30. The first kappa shape index (κ1) is 11.3. The van der Waals surface area contributed by atoms with Gasteiger partial charge in [-0.25, -0.2) is 0 Å². The molecule has 0 radical (unpaired) electrons. The van der Waals surface area contributed by atoms with Crippen molar-refractivity contribution in [3.63, 3.8) is 0 Å². The SMILES string of the molecule is CC(O)(c1cccc(C=O)c1)C1CCCC1. The van der Waals surface area contributed by atoms with Crippen molar-refractivity contribution >= 4 is 6.29 Å². The van der Waals surface area contributed by atoms with Crippen molar-refractivity contribution in [3.8, 4) is 0 Å². The molecule has 1 aliphatic carbocycles. The summed E-state index contributed by atoms with van der Waals surface area (Å²) in [6, 6.07) is 7.31. The molecule has 0 aliphatic heterocycles. The maximum Gasteiger partial charge on any atom is 0.150 e. The summed E-state index contributed by atoms with van der Waals surface area (Å²) in [4.78, 5) is 10.7. The average Bonchev–Trinajstić information content (AvgIpc) is 2.83. The molecule has 1 atom stereocenters. The molecule has 2 heteroatoms. The monoisotopic (exact) mass is 218 g/mol. The van der Waals surface area contributed by atoms with Crippen LogP contribution in [0, 0.1) is 5.92 Å². The summed E-state index contributed by atoms with van der Waals surface area (Å²) in [7, 11) is 0. The molecule has 2 rings (SSSR count). The van der Waals surface area contributed by atoms with Gasteiger partial charge in [-0.15, -0.1) is 0 Å². The van der Waals surface area contributed by atoms with E-state index in [0.29, 0.717) is 11.5 Å². The lowest BCUT2D eigenvalue weighted by molar-refractivity contribution is -0.00334. The molecule has 0 saturated heterocycles.